The van der Waals surface area contributed by atoms with Crippen LogP contribution in [0.4, 0.5) is 0 Å². The monoisotopic (exact) mass is 608 g/mol. The number of aliphatic hydroxyl groups excluding tert-OH is 2. The molecule has 1 aliphatic heterocycles. The molecule has 5 rings (SSSR count). The van der Waals surface area contributed by atoms with E-state index in [0.29, 0.717) is 29.1 Å². The van der Waals surface area contributed by atoms with E-state index in [0.717, 1.165) is 92.6 Å². The van der Waals surface area contributed by atoms with Crippen molar-refractivity contribution in [2.24, 2.45) is 46.3 Å². The lowest BCUT2D eigenvalue weighted by Crippen LogP contribution is -3.00. The van der Waals surface area contributed by atoms with Crippen LogP contribution in [0.2, 0.25) is 0 Å². The Labute approximate surface area is 249 Å². The predicted molar refractivity (Wildman–Crippen MR) is 153 cm³/mol. The third-order valence-corrected chi connectivity index (χ3v) is 13.3. The Hall–Kier alpha value is -0.430. The average Bonchev–Trinajstić information content (AvgIpc) is 3.25. The first-order valence-corrected chi connectivity index (χ1v) is 16.2. The van der Waals surface area contributed by atoms with E-state index < -0.39 is 0 Å². The Balaban J connectivity index is 0.00000353. The van der Waals surface area contributed by atoms with Gasteiger partial charge in [0.15, 0.2) is 0 Å². The molecular weight excluding hydrogens is 552 g/mol. The van der Waals surface area contributed by atoms with Crippen molar-refractivity contribution in [2.45, 2.75) is 97.5 Å². The molecule has 5 fully saturated rings. The maximum Gasteiger partial charge on any atom is 0.222 e. The Kier molecular flexibility index (Phi) is 10.0. The van der Waals surface area contributed by atoms with Crippen molar-refractivity contribution in [3.63, 3.8) is 0 Å². The molecule has 5 nitrogen and oxygen atoms in total. The van der Waals surface area contributed by atoms with Crippen molar-refractivity contribution >= 4 is 5.91 Å². The van der Waals surface area contributed by atoms with Crippen LogP contribution in [0.3, 0.4) is 0 Å². The second kappa shape index (κ2) is 12.4. The van der Waals surface area contributed by atoms with Crippen molar-refractivity contribution in [1.29, 1.82) is 0 Å². The third-order valence-electron chi connectivity index (χ3n) is 13.3. The van der Waals surface area contributed by atoms with Gasteiger partial charge < -0.3 is 36.6 Å². The lowest BCUT2D eigenvalue weighted by molar-refractivity contribution is -0.926. The van der Waals surface area contributed by atoms with Gasteiger partial charge in [-0.25, -0.2) is 0 Å². The maximum absolute atomic E-state index is 13.2. The van der Waals surface area contributed by atoms with E-state index in [1.165, 1.54) is 44.9 Å². The average molecular weight is 610 g/mol. The summed E-state index contributed by atoms with van der Waals surface area (Å²) >= 11 is 0. The number of aliphatic hydroxyl groups is 2. The van der Waals surface area contributed by atoms with Gasteiger partial charge in [0, 0.05) is 6.42 Å². The first-order valence-electron chi connectivity index (χ1n) is 16.2. The van der Waals surface area contributed by atoms with Crippen molar-refractivity contribution < 1.29 is 36.5 Å². The molecule has 4 saturated carbocycles. The zero-order chi connectivity index (χ0) is 27.1. The summed E-state index contributed by atoms with van der Waals surface area (Å²) in [6.07, 6.45) is 15.1. The van der Waals surface area contributed by atoms with Gasteiger partial charge in [0.1, 0.15) is 6.54 Å². The molecule has 0 spiro atoms. The Morgan fingerprint density at radius 2 is 1.74 bits per heavy atom. The van der Waals surface area contributed by atoms with Crippen molar-refractivity contribution in [2.75, 3.05) is 45.9 Å². The summed E-state index contributed by atoms with van der Waals surface area (Å²) in [4.78, 5) is 15.3. The molecule has 0 bridgehead atoms. The van der Waals surface area contributed by atoms with Gasteiger partial charge in [0.25, 0.3) is 0 Å². The van der Waals surface area contributed by atoms with Crippen molar-refractivity contribution in [3.05, 3.63) is 12.7 Å². The summed E-state index contributed by atoms with van der Waals surface area (Å²) in [6.45, 7) is 16.9. The number of halogens is 1. The van der Waals surface area contributed by atoms with E-state index in [9.17, 15) is 15.0 Å². The number of piperazine rings is 1. The highest BCUT2D eigenvalue weighted by atomic mass is 79.9. The fraction of sp³-hybridized carbons (Fsp3) is 0.909. The molecule has 0 aromatic carbocycles. The zero-order valence-corrected chi connectivity index (χ0v) is 26.7. The van der Waals surface area contributed by atoms with E-state index in [1.54, 1.807) is 0 Å². The van der Waals surface area contributed by atoms with Gasteiger partial charge in [-0.2, -0.15) is 0 Å². The minimum atomic E-state index is -0.0582. The lowest BCUT2D eigenvalue weighted by Gasteiger charge is -2.61. The lowest BCUT2D eigenvalue weighted by atomic mass is 9.44. The van der Waals surface area contributed by atoms with E-state index in [1.807, 2.05) is 6.08 Å². The molecule has 6 heteroatoms. The molecule has 0 radical (unpaired) electrons. The minimum Gasteiger partial charge on any atom is -1.00 e. The van der Waals surface area contributed by atoms with Crippen LogP contribution in [0.1, 0.15) is 91.4 Å². The highest BCUT2D eigenvalue weighted by molar-refractivity contribution is 5.76. The van der Waals surface area contributed by atoms with E-state index in [2.05, 4.69) is 32.3 Å². The quantitative estimate of drug-likeness (QED) is 0.328. The number of amides is 1. The molecule has 1 heterocycles. The summed E-state index contributed by atoms with van der Waals surface area (Å²) in [5.74, 6) is 5.03. The van der Waals surface area contributed by atoms with Gasteiger partial charge >= 0.3 is 0 Å². The second-order valence-corrected chi connectivity index (χ2v) is 14.9. The molecule has 5 aliphatic rings. The highest BCUT2D eigenvalue weighted by Crippen LogP contribution is 2.68. The Morgan fingerprint density at radius 3 is 2.44 bits per heavy atom. The fourth-order valence-electron chi connectivity index (χ4n) is 11.0. The molecule has 9 atom stereocenters. The Morgan fingerprint density at radius 1 is 1.05 bits per heavy atom. The molecule has 1 saturated heterocycles. The summed E-state index contributed by atoms with van der Waals surface area (Å²) in [7, 11) is 0. The number of hydrogen-bond acceptors (Lipinski definition) is 3. The van der Waals surface area contributed by atoms with Crippen LogP contribution in [0.15, 0.2) is 12.7 Å². The summed E-state index contributed by atoms with van der Waals surface area (Å²) in [5.41, 5.74) is 0.894. The van der Waals surface area contributed by atoms with E-state index >= 15 is 0 Å². The number of hydrogen-bond donors (Lipinski definition) is 2. The van der Waals surface area contributed by atoms with Gasteiger partial charge in [-0.15, -0.1) is 0 Å². The maximum atomic E-state index is 13.2. The van der Waals surface area contributed by atoms with Gasteiger partial charge in [0.2, 0.25) is 5.91 Å². The van der Waals surface area contributed by atoms with Crippen LogP contribution >= 0.6 is 0 Å². The normalized spacial score (nSPS) is 41.9. The molecule has 39 heavy (non-hydrogen) atoms. The molecule has 4 unspecified atom stereocenters. The van der Waals surface area contributed by atoms with Gasteiger partial charge in [-0.05, 0) is 117 Å². The molecule has 0 aromatic heterocycles. The SMILES string of the molecule is C=CC[N+]1(CCO)CCN(C(=O)CC[C@@H](C)[C@H]2CCC3C4CCC5C[C@H](O)CC[C@]5(C)C4CC[C@@]32C)CC1.[Br-]. The Bertz CT molecular complexity index is 860. The van der Waals surface area contributed by atoms with Crippen LogP contribution in [-0.4, -0.2) is 77.5 Å². The highest BCUT2D eigenvalue weighted by Gasteiger charge is 2.60. The standard InChI is InChI=1S/C33H57N2O3.BrH/c1-5-18-35(21-22-36)19-16-34(17-20-35)31(38)11-6-24(2)28-9-10-29-27-8-7-25-23-26(37)12-14-32(25,3)30(27)13-15-33(28,29)4;/h5,24-30,36-37H,1,6-23H2,2-4H3;1H/q+1;/p-1/t24-,25?,26-,27?,28-,29?,30?,32+,33-;/m1./s1. The molecule has 4 aliphatic carbocycles. The number of quaternary nitrogens is 1. The van der Waals surface area contributed by atoms with Crippen molar-refractivity contribution in [1.82, 2.24) is 4.90 Å². The van der Waals surface area contributed by atoms with Crippen molar-refractivity contribution in [3.8, 4) is 0 Å². The summed E-state index contributed by atoms with van der Waals surface area (Å²) in [5, 5.41) is 19.9. The summed E-state index contributed by atoms with van der Waals surface area (Å²) in [6, 6.07) is 0. The third kappa shape index (κ3) is 5.79. The van der Waals surface area contributed by atoms with Gasteiger partial charge in [-0.3, -0.25) is 4.79 Å². The number of fused-ring (bicyclic) bond motifs is 5. The van der Waals surface area contributed by atoms with Crippen LogP contribution < -0.4 is 17.0 Å². The van der Waals surface area contributed by atoms with Crippen LogP contribution in [-0.2, 0) is 4.79 Å². The van der Waals surface area contributed by atoms with Gasteiger partial charge in [0.05, 0.1) is 45.4 Å². The second-order valence-electron chi connectivity index (χ2n) is 14.9. The molecule has 2 N–H and O–H groups in total. The molecule has 0 aromatic rings. The van der Waals surface area contributed by atoms with E-state index in [-0.39, 0.29) is 29.7 Å². The van der Waals surface area contributed by atoms with E-state index in [4.69, 9.17) is 0 Å². The number of carbonyl (C=O) groups excluding carboxylic acids is 1. The number of carbonyl (C=O) groups is 1. The zero-order valence-electron chi connectivity index (χ0n) is 25.1. The smallest absolute Gasteiger partial charge is 0.222 e. The number of nitrogens with zero attached hydrogens (tertiary/aromatic N) is 2. The first kappa shape index (κ1) is 31.5. The predicted octanol–water partition coefficient (Wildman–Crippen LogP) is 2.26. The minimum absolute atomic E-state index is 0. The largest absolute Gasteiger partial charge is 1.00 e. The topological polar surface area (TPSA) is 60.8 Å². The molecule has 1 amide bonds. The first-order chi connectivity index (χ1) is 18.2. The number of rotatable bonds is 8. The molecular formula is C33H57BrN2O3. The van der Waals surface area contributed by atoms with Crippen LogP contribution in [0, 0.1) is 46.3 Å². The van der Waals surface area contributed by atoms with Gasteiger partial charge in [-0.1, -0.05) is 27.4 Å². The van der Waals surface area contributed by atoms with Crippen LogP contribution in [0.25, 0.3) is 0 Å². The molecule has 224 valence electrons. The van der Waals surface area contributed by atoms with Crippen LogP contribution in [0.5, 0.6) is 0 Å². The fourth-order valence-corrected chi connectivity index (χ4v) is 11.0. The summed E-state index contributed by atoms with van der Waals surface area (Å²) < 4.78 is 0.866.